The van der Waals surface area contributed by atoms with E-state index in [4.69, 9.17) is 4.74 Å². The molecule has 0 N–H and O–H groups in total. The van der Waals surface area contributed by atoms with E-state index < -0.39 is 15.1 Å². The third-order valence-corrected chi connectivity index (χ3v) is 6.43. The largest absolute Gasteiger partial charge is 0.476 e. The number of benzene rings is 2. The maximum Gasteiger partial charge on any atom is 0.238 e. The quantitative estimate of drug-likeness (QED) is 0.479. The standard InChI is InChI=1S/C22H23N3O3S/c1-2-3-4-10-15-28-22-21(24-18-13-8-9-14-19(18)25-22)20(16-23)29(26,27)17-11-6-5-7-12-17/h5-9,11-14,20H,2-4,10,15H2,1H3. The Morgan fingerprint density at radius 3 is 2.28 bits per heavy atom. The number of hydrogen-bond donors (Lipinski definition) is 0. The van der Waals surface area contributed by atoms with E-state index >= 15 is 0 Å². The molecule has 0 amide bonds. The molecule has 1 aromatic heterocycles. The van der Waals surface area contributed by atoms with Gasteiger partial charge in [-0.05, 0) is 30.7 Å². The first kappa shape index (κ1) is 20.7. The average Bonchev–Trinajstić information content (AvgIpc) is 2.74. The van der Waals surface area contributed by atoms with Crippen LogP contribution in [0.25, 0.3) is 11.0 Å². The van der Waals surface area contributed by atoms with Crippen molar-refractivity contribution in [3.05, 3.63) is 60.3 Å². The molecular weight excluding hydrogens is 386 g/mol. The summed E-state index contributed by atoms with van der Waals surface area (Å²) in [4.78, 5) is 9.00. The molecule has 0 aliphatic carbocycles. The molecule has 6 nitrogen and oxygen atoms in total. The Kier molecular flexibility index (Phi) is 6.78. The Labute approximate surface area is 171 Å². The van der Waals surface area contributed by atoms with Crippen LogP contribution in [0.3, 0.4) is 0 Å². The molecule has 1 atom stereocenters. The smallest absolute Gasteiger partial charge is 0.238 e. The van der Waals surface area contributed by atoms with E-state index in [1.807, 2.05) is 12.1 Å². The SMILES string of the molecule is CCCCCCOc1nc2ccccc2nc1C(C#N)S(=O)(=O)c1ccccc1. The van der Waals surface area contributed by atoms with Gasteiger partial charge in [-0.3, -0.25) is 0 Å². The second-order valence-corrected chi connectivity index (χ2v) is 8.71. The zero-order chi connectivity index (χ0) is 20.7. The molecule has 0 saturated heterocycles. The van der Waals surface area contributed by atoms with Crippen LogP contribution in [-0.2, 0) is 9.84 Å². The normalized spacial score (nSPS) is 12.4. The lowest BCUT2D eigenvalue weighted by molar-refractivity contribution is 0.290. The third-order valence-electron chi connectivity index (χ3n) is 4.55. The van der Waals surface area contributed by atoms with Gasteiger partial charge in [-0.25, -0.2) is 18.4 Å². The van der Waals surface area contributed by atoms with Crippen LogP contribution in [0.1, 0.15) is 43.6 Å². The summed E-state index contributed by atoms with van der Waals surface area (Å²) in [5.41, 5.74) is 1.14. The molecule has 150 valence electrons. The summed E-state index contributed by atoms with van der Waals surface area (Å²) < 4.78 is 32.1. The van der Waals surface area contributed by atoms with Crippen LogP contribution in [0, 0.1) is 11.3 Å². The minimum atomic E-state index is -3.98. The summed E-state index contributed by atoms with van der Waals surface area (Å²) in [5, 5.41) is 8.26. The van der Waals surface area contributed by atoms with Crippen molar-refractivity contribution in [2.45, 2.75) is 42.8 Å². The van der Waals surface area contributed by atoms with E-state index in [2.05, 4.69) is 16.9 Å². The van der Waals surface area contributed by atoms with Gasteiger partial charge in [0, 0.05) is 0 Å². The average molecular weight is 410 g/mol. The van der Waals surface area contributed by atoms with E-state index in [1.54, 1.807) is 36.4 Å². The molecule has 1 unspecified atom stereocenters. The molecule has 29 heavy (non-hydrogen) atoms. The van der Waals surface area contributed by atoms with Gasteiger partial charge in [-0.15, -0.1) is 0 Å². The predicted octanol–water partition coefficient (Wildman–Crippen LogP) is 4.63. The number of rotatable bonds is 9. The van der Waals surface area contributed by atoms with Crippen molar-refractivity contribution in [3.63, 3.8) is 0 Å². The second-order valence-electron chi connectivity index (χ2n) is 6.68. The number of nitriles is 1. The van der Waals surface area contributed by atoms with Gasteiger partial charge in [0.25, 0.3) is 0 Å². The van der Waals surface area contributed by atoms with Crippen molar-refractivity contribution in [3.8, 4) is 11.9 Å². The van der Waals surface area contributed by atoms with Gasteiger partial charge < -0.3 is 4.74 Å². The number of sulfone groups is 1. The molecule has 0 aliphatic rings. The number of ether oxygens (including phenoxy) is 1. The number of aromatic nitrogens is 2. The molecule has 0 aliphatic heterocycles. The lowest BCUT2D eigenvalue weighted by Gasteiger charge is -2.15. The highest BCUT2D eigenvalue weighted by molar-refractivity contribution is 7.92. The molecule has 1 heterocycles. The van der Waals surface area contributed by atoms with Gasteiger partial charge in [0.15, 0.2) is 5.25 Å². The van der Waals surface area contributed by atoms with Gasteiger partial charge in [0.2, 0.25) is 15.7 Å². The number of unbranched alkanes of at least 4 members (excludes halogenated alkanes) is 3. The molecular formula is C22H23N3O3S. The molecule has 0 radical (unpaired) electrons. The number of nitrogens with zero attached hydrogens (tertiary/aromatic N) is 3. The van der Waals surface area contributed by atoms with E-state index in [0.717, 1.165) is 25.7 Å². The summed E-state index contributed by atoms with van der Waals surface area (Å²) in [6, 6.07) is 16.9. The van der Waals surface area contributed by atoms with Crippen LogP contribution < -0.4 is 4.74 Å². The first-order chi connectivity index (χ1) is 14.1. The van der Waals surface area contributed by atoms with Crippen molar-refractivity contribution in [1.82, 2.24) is 9.97 Å². The zero-order valence-electron chi connectivity index (χ0n) is 16.3. The summed E-state index contributed by atoms with van der Waals surface area (Å²) in [6.45, 7) is 2.52. The fourth-order valence-corrected chi connectivity index (χ4v) is 4.39. The van der Waals surface area contributed by atoms with Gasteiger partial charge in [0.05, 0.1) is 28.6 Å². The van der Waals surface area contributed by atoms with Crippen LogP contribution in [0.15, 0.2) is 59.5 Å². The second kappa shape index (κ2) is 9.48. The predicted molar refractivity (Wildman–Crippen MR) is 111 cm³/mol. The Balaban J connectivity index is 2.03. The fourth-order valence-electron chi connectivity index (χ4n) is 3.00. The van der Waals surface area contributed by atoms with Crippen LogP contribution in [-0.4, -0.2) is 25.0 Å². The minimum Gasteiger partial charge on any atom is -0.476 e. The van der Waals surface area contributed by atoms with E-state index in [1.165, 1.54) is 12.1 Å². The summed E-state index contributed by atoms with van der Waals surface area (Å²) >= 11 is 0. The maximum atomic E-state index is 13.1. The summed E-state index contributed by atoms with van der Waals surface area (Å²) in [5.74, 6) is 0.103. The molecule has 2 aromatic carbocycles. The Bertz CT molecular complexity index is 1110. The maximum absolute atomic E-state index is 13.1. The van der Waals surface area contributed by atoms with Gasteiger partial charge in [-0.1, -0.05) is 56.5 Å². The monoisotopic (exact) mass is 409 g/mol. The van der Waals surface area contributed by atoms with Crippen molar-refractivity contribution in [1.29, 1.82) is 5.26 Å². The Morgan fingerprint density at radius 2 is 1.62 bits per heavy atom. The van der Waals surface area contributed by atoms with E-state index in [-0.39, 0.29) is 16.5 Å². The van der Waals surface area contributed by atoms with Crippen LogP contribution >= 0.6 is 0 Å². The van der Waals surface area contributed by atoms with Gasteiger partial charge in [0.1, 0.15) is 5.69 Å². The number of hydrogen-bond acceptors (Lipinski definition) is 6. The third kappa shape index (κ3) is 4.72. The fraction of sp³-hybridized carbons (Fsp3) is 0.318. The highest BCUT2D eigenvalue weighted by atomic mass is 32.2. The number of fused-ring (bicyclic) bond motifs is 1. The Hall–Kier alpha value is -2.98. The lowest BCUT2D eigenvalue weighted by Crippen LogP contribution is -2.16. The molecule has 0 fully saturated rings. The first-order valence-electron chi connectivity index (χ1n) is 9.66. The molecule has 3 rings (SSSR count). The van der Waals surface area contributed by atoms with Crippen molar-refractivity contribution >= 4 is 20.9 Å². The van der Waals surface area contributed by atoms with Crippen molar-refractivity contribution in [2.75, 3.05) is 6.61 Å². The van der Waals surface area contributed by atoms with Crippen LogP contribution in [0.4, 0.5) is 0 Å². The molecule has 0 spiro atoms. The zero-order valence-corrected chi connectivity index (χ0v) is 17.1. The number of para-hydroxylation sites is 2. The first-order valence-corrected chi connectivity index (χ1v) is 11.2. The van der Waals surface area contributed by atoms with Crippen LogP contribution in [0.2, 0.25) is 0 Å². The van der Waals surface area contributed by atoms with Gasteiger partial charge in [-0.2, -0.15) is 5.26 Å². The van der Waals surface area contributed by atoms with Gasteiger partial charge >= 0.3 is 0 Å². The minimum absolute atomic E-state index is 0.0329. The Morgan fingerprint density at radius 1 is 0.966 bits per heavy atom. The summed E-state index contributed by atoms with van der Waals surface area (Å²) in [7, 11) is -3.98. The highest BCUT2D eigenvalue weighted by Gasteiger charge is 2.34. The van der Waals surface area contributed by atoms with E-state index in [0.29, 0.717) is 17.6 Å². The lowest BCUT2D eigenvalue weighted by atomic mass is 10.2. The van der Waals surface area contributed by atoms with Crippen LogP contribution in [0.5, 0.6) is 5.88 Å². The molecule has 0 saturated carbocycles. The molecule has 7 heteroatoms. The topological polar surface area (TPSA) is 92.9 Å². The van der Waals surface area contributed by atoms with Crippen molar-refractivity contribution in [2.24, 2.45) is 0 Å². The molecule has 0 bridgehead atoms. The van der Waals surface area contributed by atoms with Crippen molar-refractivity contribution < 1.29 is 13.2 Å². The highest BCUT2D eigenvalue weighted by Crippen LogP contribution is 2.33. The van der Waals surface area contributed by atoms with E-state index in [9.17, 15) is 13.7 Å². The molecule has 3 aromatic rings. The summed E-state index contributed by atoms with van der Waals surface area (Å²) in [6.07, 6.45) is 4.04.